The van der Waals surface area contributed by atoms with Crippen LogP contribution in [0.4, 0.5) is 0 Å². The summed E-state index contributed by atoms with van der Waals surface area (Å²) in [6, 6.07) is 0. The van der Waals surface area contributed by atoms with Gasteiger partial charge in [-0.05, 0) is 0 Å². The van der Waals surface area contributed by atoms with Crippen molar-refractivity contribution in [2.24, 2.45) is 0 Å². The molecule has 1 N–H and O–H groups in total. The zero-order valence-corrected chi connectivity index (χ0v) is 8.83. The Morgan fingerprint density at radius 3 is 1.12 bits per heavy atom. The largest absolute Gasteiger partial charge is 2.00 e. The van der Waals surface area contributed by atoms with Crippen LogP contribution in [0.1, 0.15) is 0 Å². The molecule has 3 radical (unpaired) electrons. The summed E-state index contributed by atoms with van der Waals surface area (Å²) in [5.41, 5.74) is 0. The van der Waals surface area contributed by atoms with E-state index in [1.54, 1.807) is 0 Å². The van der Waals surface area contributed by atoms with Crippen molar-refractivity contribution in [2.75, 3.05) is 0 Å². The molecule has 0 aliphatic heterocycles. The average Bonchev–Trinajstić information content (AvgIpc) is 0.722. The molecule has 0 fully saturated rings. The first kappa shape index (κ1) is 22.9. The van der Waals surface area contributed by atoms with Gasteiger partial charge in [-0.15, -0.1) is 0 Å². The molecule has 0 unspecified atom stereocenters. The molecule has 0 saturated heterocycles. The van der Waals surface area contributed by atoms with Gasteiger partial charge in [-0.3, -0.25) is 0 Å². The molecule has 0 rings (SSSR count). The molecular formula is HAlO5PZn-2. The molecule has 0 aromatic heterocycles. The third kappa shape index (κ3) is 186. The fraction of sp³-hybridized carbons (Fsp3) is 0. The Morgan fingerprint density at radius 1 is 1.12 bits per heavy atom. The van der Waals surface area contributed by atoms with E-state index in [0.29, 0.717) is 0 Å². The van der Waals surface area contributed by atoms with E-state index >= 15 is 0 Å². The summed E-state index contributed by atoms with van der Waals surface area (Å²) < 4.78 is 8.55. The van der Waals surface area contributed by atoms with Gasteiger partial charge in [-0.2, -0.15) is 7.82 Å². The number of rotatable bonds is 0. The molecule has 0 aliphatic carbocycles. The summed E-state index contributed by atoms with van der Waals surface area (Å²) in [5, 5.41) is 0. The van der Waals surface area contributed by atoms with Crippen LogP contribution in [0.15, 0.2) is 0 Å². The number of phosphoric acid groups is 1. The van der Waals surface area contributed by atoms with E-state index in [1.165, 1.54) is 0 Å². The molecule has 8 heteroatoms. The van der Waals surface area contributed by atoms with Gasteiger partial charge in [0.25, 0.3) is 0 Å². The van der Waals surface area contributed by atoms with Crippen LogP contribution in [0.2, 0.25) is 0 Å². The summed E-state index contributed by atoms with van der Waals surface area (Å²) >= 11 is 0. The van der Waals surface area contributed by atoms with E-state index in [4.69, 9.17) is 19.2 Å². The SMILES string of the molecule is O=P([O-])([O-])[O-].[Al].[OH-].[Zn+2]. The standard InChI is InChI=1S/Al.H3O4P.H2O.Zn/c;1-5(2,3)4;;/h;(H3,1,2,3,4);1H2;/q;;;+2/p-4. The Bertz CT molecular complexity index is 58.6. The van der Waals surface area contributed by atoms with Crippen molar-refractivity contribution in [3.63, 3.8) is 0 Å². The molecule has 0 aromatic rings. The van der Waals surface area contributed by atoms with E-state index in [9.17, 15) is 0 Å². The van der Waals surface area contributed by atoms with Gasteiger partial charge in [0.15, 0.2) is 0 Å². The molecule has 0 saturated carbocycles. The molecule has 0 heterocycles. The van der Waals surface area contributed by atoms with Crippen molar-refractivity contribution in [1.29, 1.82) is 0 Å². The average molecular weight is 204 g/mol. The second-order valence-electron chi connectivity index (χ2n) is 0.447. The second-order valence-corrected chi connectivity index (χ2v) is 1.34. The fourth-order valence-corrected chi connectivity index (χ4v) is 0. The summed E-state index contributed by atoms with van der Waals surface area (Å²) in [5.74, 6) is 0. The van der Waals surface area contributed by atoms with Crippen LogP contribution in [-0.2, 0) is 24.0 Å². The van der Waals surface area contributed by atoms with Gasteiger partial charge in [0.1, 0.15) is 0 Å². The minimum atomic E-state index is -5.39. The quantitative estimate of drug-likeness (QED) is 0.301. The van der Waals surface area contributed by atoms with Crippen LogP contribution in [-0.4, -0.2) is 22.8 Å². The zero-order chi connectivity index (χ0) is 4.50. The van der Waals surface area contributed by atoms with Crippen molar-refractivity contribution in [3.8, 4) is 0 Å². The normalized spacial score (nSPS) is 7.38. The van der Waals surface area contributed by atoms with E-state index in [1.807, 2.05) is 0 Å². The van der Waals surface area contributed by atoms with Crippen LogP contribution < -0.4 is 14.7 Å². The Morgan fingerprint density at radius 2 is 1.12 bits per heavy atom. The van der Waals surface area contributed by atoms with Gasteiger partial charge in [0, 0.05) is 17.4 Å². The topological polar surface area (TPSA) is 116 Å². The molecule has 0 aromatic carbocycles. The summed E-state index contributed by atoms with van der Waals surface area (Å²) in [6.07, 6.45) is 0. The monoisotopic (exact) mass is 203 g/mol. The molecule has 0 aliphatic rings. The maximum atomic E-state index is 8.55. The summed E-state index contributed by atoms with van der Waals surface area (Å²) in [4.78, 5) is 25.6. The first-order valence-electron chi connectivity index (χ1n) is 0.730. The number of hydrogen-bond acceptors (Lipinski definition) is 5. The Balaban J connectivity index is -0.0000000267. The van der Waals surface area contributed by atoms with Gasteiger partial charge in [-0.25, -0.2) is 0 Å². The van der Waals surface area contributed by atoms with Gasteiger partial charge >= 0.3 is 19.5 Å². The van der Waals surface area contributed by atoms with Gasteiger partial charge in [0.2, 0.25) is 0 Å². The fourth-order valence-electron chi connectivity index (χ4n) is 0. The van der Waals surface area contributed by atoms with Gasteiger partial charge in [-0.1, -0.05) is 0 Å². The van der Waals surface area contributed by atoms with Crippen molar-refractivity contribution < 1.29 is 44.2 Å². The number of hydrogen-bond donors (Lipinski definition) is 0. The maximum Gasteiger partial charge on any atom is 2.00 e. The Hall–Kier alpha value is 1.23. The first-order chi connectivity index (χ1) is 2.00. The van der Waals surface area contributed by atoms with E-state index < -0.39 is 7.82 Å². The van der Waals surface area contributed by atoms with Crippen molar-refractivity contribution in [1.82, 2.24) is 0 Å². The predicted octanol–water partition coefficient (Wildman–Crippen LogP) is -3.38. The molecule has 5 nitrogen and oxygen atoms in total. The molecule has 43 valence electrons. The molecular weight excluding hydrogens is 203 g/mol. The molecule has 0 amide bonds. The maximum absolute atomic E-state index is 8.55. The third-order valence-electron chi connectivity index (χ3n) is 0. The Kier molecular flexibility index (Phi) is 23.5. The van der Waals surface area contributed by atoms with Crippen LogP contribution in [0.5, 0.6) is 0 Å². The second kappa shape index (κ2) is 8.23. The molecule has 0 spiro atoms. The van der Waals surface area contributed by atoms with Crippen LogP contribution in [0.3, 0.4) is 0 Å². The van der Waals surface area contributed by atoms with Crippen LogP contribution in [0, 0.1) is 0 Å². The van der Waals surface area contributed by atoms with Crippen molar-refractivity contribution >= 4 is 25.2 Å². The minimum absolute atomic E-state index is 0. The molecule has 0 atom stereocenters. The molecule has 8 heavy (non-hydrogen) atoms. The first-order valence-corrected chi connectivity index (χ1v) is 2.19. The van der Waals surface area contributed by atoms with Crippen LogP contribution >= 0.6 is 7.82 Å². The van der Waals surface area contributed by atoms with Gasteiger partial charge in [0.05, 0.1) is 0 Å². The third-order valence-corrected chi connectivity index (χ3v) is 0. The van der Waals surface area contributed by atoms with Crippen molar-refractivity contribution in [3.05, 3.63) is 0 Å². The smallest absolute Gasteiger partial charge is 0.870 e. The van der Waals surface area contributed by atoms with Crippen LogP contribution in [0.25, 0.3) is 0 Å². The minimum Gasteiger partial charge on any atom is -0.870 e. The van der Waals surface area contributed by atoms with E-state index in [-0.39, 0.29) is 42.3 Å². The van der Waals surface area contributed by atoms with Gasteiger partial charge < -0.3 is 24.7 Å². The zero-order valence-electron chi connectivity index (χ0n) is 3.81. The predicted molar refractivity (Wildman–Crippen MR) is 15.3 cm³/mol. The van der Waals surface area contributed by atoms with Crippen molar-refractivity contribution in [2.45, 2.75) is 0 Å². The van der Waals surface area contributed by atoms with E-state index in [2.05, 4.69) is 0 Å². The van der Waals surface area contributed by atoms with E-state index in [0.717, 1.165) is 0 Å². The molecule has 0 bridgehead atoms. The summed E-state index contributed by atoms with van der Waals surface area (Å²) in [6.45, 7) is 0. The summed E-state index contributed by atoms with van der Waals surface area (Å²) in [7, 11) is -5.39. The Labute approximate surface area is 69.5 Å².